The molecule has 3 radical (unpaired) electrons. The molecule has 38 nitrogen and oxygen atoms in total. The number of methoxy groups -OCH3 is 7. The van der Waals surface area contributed by atoms with E-state index in [1.54, 1.807) is 53.2 Å². The third-order valence-electron chi connectivity index (χ3n) is 19.6. The van der Waals surface area contributed by atoms with Gasteiger partial charge >= 0.3 is 40.7 Å². The van der Waals surface area contributed by atoms with Crippen LogP contribution in [0.3, 0.4) is 0 Å². The number of imidazole rings is 2. The van der Waals surface area contributed by atoms with Crippen LogP contribution in [0.2, 0.25) is 0 Å². The number of aromatic nitrogens is 8. The van der Waals surface area contributed by atoms with Gasteiger partial charge in [-0.05, 0) is 181 Å². The van der Waals surface area contributed by atoms with E-state index in [-0.39, 0.29) is 110 Å². The van der Waals surface area contributed by atoms with Crippen molar-refractivity contribution in [2.45, 2.75) is 127 Å². The van der Waals surface area contributed by atoms with Crippen molar-refractivity contribution in [2.24, 2.45) is 50.1 Å². The molecule has 14 rings (SSSR count). The molecule has 0 aliphatic carbocycles. The van der Waals surface area contributed by atoms with Crippen LogP contribution in [-0.2, 0) is 77.7 Å². The second kappa shape index (κ2) is 57.5. The van der Waals surface area contributed by atoms with E-state index in [9.17, 15) is 28.5 Å². The van der Waals surface area contributed by atoms with Crippen LogP contribution in [0.5, 0.6) is 17.6 Å². The van der Waals surface area contributed by atoms with Crippen LogP contribution >= 0.6 is 95.7 Å². The van der Waals surface area contributed by atoms with Crippen molar-refractivity contribution in [3.63, 3.8) is 0 Å². The molecule has 123 heavy (non-hydrogen) atoms. The number of halogens is 6. The number of hydrogen-bond acceptors (Lipinski definition) is 33. The third-order valence-corrected chi connectivity index (χ3v) is 21.0. The van der Waals surface area contributed by atoms with Crippen molar-refractivity contribution >= 4 is 162 Å². The standard InChI is InChI=1S/C14H17N3O4.C13H21N3O3.C12H18IN3O3.C12H14IN3O2.C12H20N4O3.C7H11N3O.C6H9ClO2.B.Cl3OP.Na.H/c1-19-13-11-7-15-12(9-3-5-21-6-4-9)17(11)8-10(16-13)14(18)20-2;1-9-7-14-11(13(16-9)18-2)8-15-12(17)10-3-5-19-6-4-10;1-18-12-9(14-7-10(13)16-12)6-15-11(17)8-2-4-19-5-3-8;1-17-12-9-6-14-11(8-2-4-18-5-3-8)16(9)7-10(13)15-12;1-18-12-9(14-7-10(13)16-12)6-15-11(17)8-2-4-19-5-3-8;1-5-4-9-6(3-8)7(10-5)11-2;7-6(8)5-1-3-9-4-2-5;;1-5(2,3)4;;/h7-9H,3-6H2,1-2H3;7,10-11,14H,3-6,8H2,1-2H3,(H,15,17);7-9,14H,2-6H2,1H3,(H,15,17);6-8H,2-5H2,1H3;7-9,14H,2-6,13H2,1H3,(H,15,17);4H,3,8H2,1-2H3;5H,1-4H2;;;;/q;;;;;;;;;+1;-1. The SMILES string of the molecule is COC(=O)c1cn2c(C3CCOCC3)ncc2c(OC)n1.COC1=NC(C)=CNC1CNC(=O)C1CCOCC1.COC1=NC(I)=CNC1CNC(=O)C1CCOCC1.COC1=NC(N)=CNC1CNC(=O)C1CCOCC1.COc1nc(C)cnc1CN.COc1nc(I)cn2c(C3CCOCC3)ncc12.O=C(Cl)C1CCOCC1.O=P(Cl)(Cl)Cl.[B].[H-].[Na+]. The Morgan fingerprint density at radius 1 is 0.520 bits per heavy atom. The average Bonchev–Trinajstić information content (AvgIpc) is 1.65. The maximum absolute atomic E-state index is 12.0. The van der Waals surface area contributed by atoms with E-state index in [1.165, 1.54) is 21.3 Å². The summed E-state index contributed by atoms with van der Waals surface area (Å²) in [5.41, 5.74) is 15.2. The quantitative estimate of drug-likeness (QED) is 0.0149. The van der Waals surface area contributed by atoms with Crippen molar-refractivity contribution in [2.75, 3.05) is 149 Å². The van der Waals surface area contributed by atoms with Gasteiger partial charge in [-0.25, -0.2) is 39.7 Å². The molecule has 3 amide bonds. The van der Waals surface area contributed by atoms with Crippen molar-refractivity contribution in [3.8, 4) is 17.6 Å². The number of amides is 3. The van der Waals surface area contributed by atoms with E-state index in [2.05, 4.69) is 160 Å². The van der Waals surface area contributed by atoms with Gasteiger partial charge in [0.1, 0.15) is 59.7 Å². The molecule has 6 fully saturated rings. The minimum absolute atomic E-state index is 0. The fraction of sp³-hybridized carbons (Fsp3) is 0.605. The summed E-state index contributed by atoms with van der Waals surface area (Å²) in [5, 5.41) is 14.8. The number of ether oxygens (including phenoxy) is 13. The first-order chi connectivity index (χ1) is 58.2. The Labute approximate surface area is 787 Å². The fourth-order valence-corrected chi connectivity index (χ4v) is 14.3. The van der Waals surface area contributed by atoms with Crippen LogP contribution in [0.1, 0.15) is 131 Å². The summed E-state index contributed by atoms with van der Waals surface area (Å²) in [5.74, 6) is 6.29. The van der Waals surface area contributed by atoms with Gasteiger partial charge < -0.3 is 106 Å². The Balaban J connectivity index is 0.000000303. The average molecular weight is 2060 g/mol. The number of allylic oxidation sites excluding steroid dienone is 1. The largest absolute Gasteiger partial charge is 1.00 e. The minimum atomic E-state index is -3.22. The van der Waals surface area contributed by atoms with Crippen LogP contribution < -0.4 is 87.1 Å². The molecule has 3 atom stereocenters. The first-order valence-electron chi connectivity index (χ1n) is 39.2. The molecule has 5 aromatic heterocycles. The number of nitrogens with zero attached hydrogens (tertiary/aromatic N) is 11. The van der Waals surface area contributed by atoms with Crippen LogP contribution in [-0.4, -0.2) is 261 Å². The molecular formula is C76H111BCl4I2N19NaO19P. The number of carbonyl (C=O) groups is 5. The molecule has 675 valence electrons. The summed E-state index contributed by atoms with van der Waals surface area (Å²) in [6, 6.07) is -0.383. The topological polar surface area (TPSA) is 470 Å². The number of fused-ring (bicyclic) bond motifs is 2. The van der Waals surface area contributed by atoms with Gasteiger partial charge in [-0.3, -0.25) is 37.5 Å². The van der Waals surface area contributed by atoms with Crippen LogP contribution in [0.4, 0.5) is 0 Å². The molecule has 0 spiro atoms. The van der Waals surface area contributed by atoms with Gasteiger partial charge in [-0.1, -0.05) is 0 Å². The molecule has 5 aromatic rings. The van der Waals surface area contributed by atoms with Crippen LogP contribution in [0.25, 0.3) is 11.0 Å². The summed E-state index contributed by atoms with van der Waals surface area (Å²) >= 11 is 23.4. The summed E-state index contributed by atoms with van der Waals surface area (Å²) in [7, 11) is 10.8. The second-order valence-corrected chi connectivity index (χ2v) is 37.0. The molecular weight excluding hydrogens is 1940 g/mol. The zero-order chi connectivity index (χ0) is 87.8. The third kappa shape index (κ3) is 36.4. The zero-order valence-corrected chi connectivity index (χ0v) is 81.0. The summed E-state index contributed by atoms with van der Waals surface area (Å²) in [6.45, 7) is 13.9. The van der Waals surface area contributed by atoms with E-state index >= 15 is 0 Å². The molecule has 10 N–H and O–H groups in total. The number of aryl methyl sites for hydroxylation is 1. The van der Waals surface area contributed by atoms with E-state index in [1.807, 2.05) is 43.0 Å². The van der Waals surface area contributed by atoms with Crippen molar-refractivity contribution in [1.82, 2.24) is 70.6 Å². The smallest absolute Gasteiger partial charge is 1.00 e. The van der Waals surface area contributed by atoms with Gasteiger partial charge in [0.05, 0.1) is 73.6 Å². The van der Waals surface area contributed by atoms with Crippen LogP contribution in [0.15, 0.2) is 79.8 Å². The van der Waals surface area contributed by atoms with E-state index in [0.29, 0.717) is 138 Å². The fourth-order valence-electron chi connectivity index (χ4n) is 13.1. The predicted molar refractivity (Wildman–Crippen MR) is 478 cm³/mol. The van der Waals surface area contributed by atoms with E-state index < -0.39 is 11.2 Å². The molecule has 9 aliphatic rings. The monoisotopic (exact) mass is 2050 g/mol. The number of aliphatic imine (C=N–C) groups is 3. The van der Waals surface area contributed by atoms with Crippen molar-refractivity contribution in [3.05, 3.63) is 97.2 Å². The van der Waals surface area contributed by atoms with Crippen LogP contribution in [0, 0.1) is 34.3 Å². The number of esters is 1. The molecule has 0 bridgehead atoms. The summed E-state index contributed by atoms with van der Waals surface area (Å²) in [4.78, 5) is 96.6. The van der Waals surface area contributed by atoms with Gasteiger partial charge in [0.15, 0.2) is 5.69 Å². The van der Waals surface area contributed by atoms with Gasteiger partial charge in [0, 0.05) is 187 Å². The Morgan fingerprint density at radius 3 is 1.28 bits per heavy atom. The van der Waals surface area contributed by atoms with Gasteiger partial charge in [0.25, 0.3) is 0 Å². The molecule has 6 saturated heterocycles. The van der Waals surface area contributed by atoms with Crippen molar-refractivity contribution < 1.29 is 121 Å². The molecule has 47 heteroatoms. The molecule has 3 unspecified atom stereocenters. The Hall–Kier alpha value is -6.27. The molecule has 9 aliphatic heterocycles. The number of nitrogens with one attached hydrogen (secondary N) is 6. The van der Waals surface area contributed by atoms with Gasteiger partial charge in [-0.2, -0.15) is 4.99 Å². The maximum atomic E-state index is 12.0. The van der Waals surface area contributed by atoms with Gasteiger partial charge in [-0.15, -0.1) is 0 Å². The first kappa shape index (κ1) is 107. The normalized spacial score (nSPS) is 19.3. The molecule has 14 heterocycles. The number of hydrogen-bond donors (Lipinski definition) is 8. The Kier molecular flexibility index (Phi) is 50.2. The second-order valence-electron chi connectivity index (χ2n) is 27.8. The maximum Gasteiger partial charge on any atom is 1.00 e. The number of nitrogens with two attached hydrogens (primary N) is 2. The van der Waals surface area contributed by atoms with E-state index in [4.69, 9.17) is 84.6 Å². The predicted octanol–water partition coefficient (Wildman–Crippen LogP) is 5.12. The number of carbonyl (C=O) groups excluding carboxylic acids is 5. The molecule has 0 saturated carbocycles. The summed E-state index contributed by atoms with van der Waals surface area (Å²) in [6.07, 6.45) is 24.4. The zero-order valence-electron chi connectivity index (χ0n) is 71.7. The first-order valence-corrected chi connectivity index (χ1v) is 46.1. The van der Waals surface area contributed by atoms with E-state index in [0.717, 1.165) is 145 Å². The van der Waals surface area contributed by atoms with Crippen molar-refractivity contribution in [1.29, 1.82) is 0 Å². The molecule has 0 aromatic carbocycles. The Bertz CT molecular complexity index is 4220. The minimum Gasteiger partial charge on any atom is -1.00 e. The Morgan fingerprint density at radius 2 is 0.894 bits per heavy atom. The summed E-state index contributed by atoms with van der Waals surface area (Å²) < 4.78 is 82.7. The van der Waals surface area contributed by atoms with Gasteiger partial charge in [0.2, 0.25) is 58.3 Å². The number of rotatable bonds is 17.